The van der Waals surface area contributed by atoms with Gasteiger partial charge >= 0.3 is 11.9 Å². The Morgan fingerprint density at radius 1 is 0.735 bits per heavy atom. The van der Waals surface area contributed by atoms with E-state index in [1.54, 1.807) is 12.1 Å². The van der Waals surface area contributed by atoms with Gasteiger partial charge in [0.25, 0.3) is 0 Å². The molecule has 194 valence electrons. The fraction of sp³-hybridized carbons (Fsp3) is 0.733. The van der Waals surface area contributed by atoms with Gasteiger partial charge in [-0.05, 0) is 30.9 Å². The lowest BCUT2D eigenvalue weighted by atomic mass is 9.96. The molecule has 1 aromatic carbocycles. The lowest BCUT2D eigenvalue weighted by Gasteiger charge is -2.12. The van der Waals surface area contributed by atoms with Crippen LogP contribution in [0.3, 0.4) is 0 Å². The van der Waals surface area contributed by atoms with Crippen LogP contribution in [-0.4, -0.2) is 23.7 Å². The SMILES string of the molecule is C1CCCCC1.CCCCCCCCOC(=O)c1cccc(CCCCCCCC)c1C(=O)O. The van der Waals surface area contributed by atoms with Crippen LogP contribution in [0.1, 0.15) is 156 Å². The Kier molecular flexibility index (Phi) is 18.2. The number of aromatic carboxylic acids is 1. The molecule has 0 amide bonds. The minimum atomic E-state index is -1.05. The van der Waals surface area contributed by atoms with E-state index in [0.717, 1.165) is 37.7 Å². The zero-order valence-electron chi connectivity index (χ0n) is 22.0. The fourth-order valence-electron chi connectivity index (χ4n) is 4.51. The summed E-state index contributed by atoms with van der Waals surface area (Å²) in [5.74, 6) is -1.57. The van der Waals surface area contributed by atoms with Gasteiger partial charge in [-0.2, -0.15) is 0 Å². The minimum absolute atomic E-state index is 0.115. The average Bonchev–Trinajstić information content (AvgIpc) is 2.86. The van der Waals surface area contributed by atoms with Crippen molar-refractivity contribution in [3.8, 4) is 0 Å². The molecule has 1 N–H and O–H groups in total. The highest BCUT2D eigenvalue weighted by atomic mass is 16.5. The van der Waals surface area contributed by atoms with Crippen molar-refractivity contribution in [2.75, 3.05) is 6.61 Å². The number of aryl methyl sites for hydroxylation is 1. The first-order valence-electron chi connectivity index (χ1n) is 14.1. The van der Waals surface area contributed by atoms with Crippen LogP contribution in [0, 0.1) is 0 Å². The molecule has 4 heteroatoms. The zero-order valence-corrected chi connectivity index (χ0v) is 22.0. The number of unbranched alkanes of at least 4 members (excludes halogenated alkanes) is 10. The van der Waals surface area contributed by atoms with Crippen molar-refractivity contribution in [3.63, 3.8) is 0 Å². The molecule has 2 rings (SSSR count). The average molecular weight is 475 g/mol. The number of esters is 1. The predicted octanol–water partition coefficient (Wildman–Crippen LogP) is 9.15. The van der Waals surface area contributed by atoms with Crippen LogP contribution in [0.15, 0.2) is 18.2 Å². The second-order valence-corrected chi connectivity index (χ2v) is 9.69. The number of hydrogen-bond acceptors (Lipinski definition) is 3. The molecule has 1 saturated carbocycles. The van der Waals surface area contributed by atoms with Crippen LogP contribution >= 0.6 is 0 Å². The number of benzene rings is 1. The van der Waals surface area contributed by atoms with Gasteiger partial charge in [0.2, 0.25) is 0 Å². The Morgan fingerprint density at radius 2 is 1.24 bits per heavy atom. The van der Waals surface area contributed by atoms with Crippen LogP contribution in [0.4, 0.5) is 0 Å². The molecule has 1 aliphatic carbocycles. The Balaban J connectivity index is 0.000000830. The summed E-state index contributed by atoms with van der Waals surface area (Å²) < 4.78 is 5.35. The van der Waals surface area contributed by atoms with Crippen molar-refractivity contribution in [2.45, 2.75) is 136 Å². The third-order valence-electron chi connectivity index (χ3n) is 6.62. The summed E-state index contributed by atoms with van der Waals surface area (Å²) in [5, 5.41) is 9.65. The molecule has 0 bridgehead atoms. The van der Waals surface area contributed by atoms with Gasteiger partial charge in [0.15, 0.2) is 0 Å². The quantitative estimate of drug-likeness (QED) is 0.192. The predicted molar refractivity (Wildman–Crippen MR) is 142 cm³/mol. The first kappa shape index (κ1) is 30.2. The number of carbonyl (C=O) groups excluding carboxylic acids is 1. The molecule has 0 heterocycles. The van der Waals surface area contributed by atoms with E-state index in [1.807, 2.05) is 6.07 Å². The number of rotatable bonds is 16. The van der Waals surface area contributed by atoms with E-state index in [0.29, 0.717) is 13.0 Å². The number of carboxylic acid groups (broad SMARTS) is 1. The maximum Gasteiger partial charge on any atom is 0.339 e. The standard InChI is InChI=1S/C24H38O4.C6H12/c1-3-5-7-9-11-13-16-20-17-15-18-21(22(20)23(25)26)24(27)28-19-14-12-10-8-6-4-2;1-2-4-6-5-3-1/h15,17-18H,3-14,16,19H2,1-2H3,(H,25,26);1-6H2. The van der Waals surface area contributed by atoms with Crippen LogP contribution in [0.5, 0.6) is 0 Å². The maximum absolute atomic E-state index is 12.4. The smallest absolute Gasteiger partial charge is 0.339 e. The Bertz CT molecular complexity index is 652. The normalized spacial score (nSPS) is 13.1. The van der Waals surface area contributed by atoms with E-state index in [4.69, 9.17) is 4.74 Å². The molecular weight excluding hydrogens is 424 g/mol. The second kappa shape index (κ2) is 20.5. The molecular formula is C30H50O4. The third-order valence-corrected chi connectivity index (χ3v) is 6.62. The van der Waals surface area contributed by atoms with Crippen molar-refractivity contribution in [1.29, 1.82) is 0 Å². The Labute approximate surface area is 208 Å². The fourth-order valence-corrected chi connectivity index (χ4v) is 4.51. The van der Waals surface area contributed by atoms with Gasteiger partial charge in [0.1, 0.15) is 0 Å². The van der Waals surface area contributed by atoms with Gasteiger partial charge in [-0.3, -0.25) is 0 Å². The highest BCUT2D eigenvalue weighted by Crippen LogP contribution is 2.20. The first-order chi connectivity index (χ1) is 16.6. The number of carbonyl (C=O) groups is 2. The van der Waals surface area contributed by atoms with Gasteiger partial charge in [-0.15, -0.1) is 0 Å². The van der Waals surface area contributed by atoms with Gasteiger partial charge in [-0.1, -0.05) is 129 Å². The second-order valence-electron chi connectivity index (χ2n) is 9.69. The molecule has 0 unspecified atom stereocenters. The summed E-state index contributed by atoms with van der Waals surface area (Å²) >= 11 is 0. The van der Waals surface area contributed by atoms with Crippen LogP contribution in [-0.2, 0) is 11.2 Å². The van der Waals surface area contributed by atoms with Crippen molar-refractivity contribution in [2.24, 2.45) is 0 Å². The minimum Gasteiger partial charge on any atom is -0.478 e. The van der Waals surface area contributed by atoms with Crippen molar-refractivity contribution in [3.05, 3.63) is 34.9 Å². The van der Waals surface area contributed by atoms with Crippen LogP contribution in [0.2, 0.25) is 0 Å². The molecule has 1 fully saturated rings. The maximum atomic E-state index is 12.4. The summed E-state index contributed by atoms with van der Waals surface area (Å²) in [5.41, 5.74) is 1.03. The van der Waals surface area contributed by atoms with E-state index < -0.39 is 11.9 Å². The van der Waals surface area contributed by atoms with Gasteiger partial charge in [0, 0.05) is 0 Å². The van der Waals surface area contributed by atoms with Crippen LogP contribution < -0.4 is 0 Å². The number of hydrogen-bond donors (Lipinski definition) is 1. The molecule has 1 aliphatic rings. The van der Waals surface area contributed by atoms with Gasteiger partial charge in [-0.25, -0.2) is 9.59 Å². The third kappa shape index (κ3) is 13.8. The van der Waals surface area contributed by atoms with Crippen molar-refractivity contribution < 1.29 is 19.4 Å². The molecule has 0 saturated heterocycles. The molecule has 0 aromatic heterocycles. The molecule has 0 aliphatic heterocycles. The lowest BCUT2D eigenvalue weighted by Crippen LogP contribution is -2.15. The molecule has 0 spiro atoms. The summed E-state index contributed by atoms with van der Waals surface area (Å²) in [6.45, 7) is 4.73. The summed E-state index contributed by atoms with van der Waals surface area (Å²) in [6.07, 6.45) is 23.3. The Morgan fingerprint density at radius 3 is 1.76 bits per heavy atom. The summed E-state index contributed by atoms with van der Waals surface area (Å²) in [6, 6.07) is 5.15. The van der Waals surface area contributed by atoms with Crippen molar-refractivity contribution in [1.82, 2.24) is 0 Å². The monoisotopic (exact) mass is 474 g/mol. The summed E-state index contributed by atoms with van der Waals surface area (Å²) in [7, 11) is 0. The molecule has 4 nitrogen and oxygen atoms in total. The van der Waals surface area contributed by atoms with Crippen molar-refractivity contribution >= 4 is 11.9 Å². The largest absolute Gasteiger partial charge is 0.478 e. The molecule has 0 radical (unpaired) electrons. The topological polar surface area (TPSA) is 63.6 Å². The van der Waals surface area contributed by atoms with E-state index in [2.05, 4.69) is 13.8 Å². The number of carboxylic acids is 1. The van der Waals surface area contributed by atoms with Gasteiger partial charge in [0.05, 0.1) is 17.7 Å². The first-order valence-corrected chi connectivity index (χ1v) is 14.1. The zero-order chi connectivity index (χ0) is 24.9. The summed E-state index contributed by atoms with van der Waals surface area (Å²) in [4.78, 5) is 24.2. The van der Waals surface area contributed by atoms with E-state index in [1.165, 1.54) is 83.5 Å². The van der Waals surface area contributed by atoms with E-state index in [9.17, 15) is 14.7 Å². The lowest BCUT2D eigenvalue weighted by molar-refractivity contribution is 0.0487. The number of ether oxygens (including phenoxy) is 1. The van der Waals surface area contributed by atoms with Gasteiger partial charge < -0.3 is 9.84 Å². The van der Waals surface area contributed by atoms with Crippen LogP contribution in [0.25, 0.3) is 0 Å². The highest BCUT2D eigenvalue weighted by Gasteiger charge is 2.21. The van der Waals surface area contributed by atoms with E-state index in [-0.39, 0.29) is 11.1 Å². The molecule has 34 heavy (non-hydrogen) atoms. The van der Waals surface area contributed by atoms with E-state index >= 15 is 0 Å². The molecule has 0 atom stereocenters. The highest BCUT2D eigenvalue weighted by molar-refractivity contribution is 6.03. The molecule has 1 aromatic rings. The Hall–Kier alpha value is -1.84.